The minimum Gasteiger partial charge on any atom is -0.312 e. The van der Waals surface area contributed by atoms with E-state index in [1.807, 2.05) is 19.2 Å². The first kappa shape index (κ1) is 14.1. The van der Waals surface area contributed by atoms with E-state index in [1.54, 1.807) is 23.9 Å². The van der Waals surface area contributed by atoms with Gasteiger partial charge in [-0.3, -0.25) is 10.1 Å². The number of nitro groups is 1. The molecule has 2 unspecified atom stereocenters. The number of thioether (sulfide) groups is 1. The Morgan fingerprint density at radius 1 is 1.19 bits per heavy atom. The van der Waals surface area contributed by atoms with Crippen molar-refractivity contribution in [3.05, 3.63) is 69.8 Å². The summed E-state index contributed by atoms with van der Waals surface area (Å²) in [4.78, 5) is 11.4. The highest BCUT2D eigenvalue weighted by Crippen LogP contribution is 2.41. The fraction of sp³-hybridized carbons (Fsp3) is 0.250. The van der Waals surface area contributed by atoms with E-state index in [0.717, 1.165) is 11.3 Å². The number of nitro benzene ring substituents is 1. The number of hydrogen-bond donors (Lipinski definition) is 1. The van der Waals surface area contributed by atoms with Crippen LogP contribution in [0.1, 0.15) is 17.2 Å². The third kappa shape index (κ3) is 2.80. The molecule has 2 aromatic carbocycles. The second kappa shape index (κ2) is 5.87. The molecule has 2 atom stereocenters. The summed E-state index contributed by atoms with van der Waals surface area (Å²) >= 11 is 1.78. The lowest BCUT2D eigenvalue weighted by Crippen LogP contribution is -2.23. The summed E-state index contributed by atoms with van der Waals surface area (Å²) in [6, 6.07) is 15.6. The molecule has 5 heteroatoms. The van der Waals surface area contributed by atoms with Crippen molar-refractivity contribution in [2.24, 2.45) is 0 Å². The molecule has 0 saturated heterocycles. The molecule has 0 spiro atoms. The summed E-state index contributed by atoms with van der Waals surface area (Å²) in [6.45, 7) is 0. The Morgan fingerprint density at radius 2 is 1.90 bits per heavy atom. The topological polar surface area (TPSA) is 55.2 Å². The van der Waals surface area contributed by atoms with E-state index in [0.29, 0.717) is 11.3 Å². The number of non-ortho nitro benzene ring substituents is 1. The lowest BCUT2D eigenvalue weighted by molar-refractivity contribution is -0.384. The van der Waals surface area contributed by atoms with Crippen molar-refractivity contribution in [2.45, 2.75) is 22.6 Å². The fourth-order valence-electron chi connectivity index (χ4n) is 2.83. The molecule has 0 saturated carbocycles. The zero-order chi connectivity index (χ0) is 14.8. The third-order valence-electron chi connectivity index (χ3n) is 3.83. The van der Waals surface area contributed by atoms with Crippen molar-refractivity contribution in [1.82, 2.24) is 5.32 Å². The fourth-order valence-corrected chi connectivity index (χ4v) is 4.16. The molecular formula is C16H16N2O2S. The van der Waals surface area contributed by atoms with Crippen LogP contribution in [0.2, 0.25) is 0 Å². The zero-order valence-corrected chi connectivity index (χ0v) is 12.5. The van der Waals surface area contributed by atoms with Crippen molar-refractivity contribution in [3.63, 3.8) is 0 Å². The maximum absolute atomic E-state index is 10.7. The summed E-state index contributed by atoms with van der Waals surface area (Å²) < 4.78 is 0. The molecule has 108 valence electrons. The van der Waals surface area contributed by atoms with Gasteiger partial charge in [-0.25, -0.2) is 0 Å². The Hall–Kier alpha value is -1.85. The van der Waals surface area contributed by atoms with Crippen molar-refractivity contribution in [3.8, 4) is 0 Å². The lowest BCUT2D eigenvalue weighted by Gasteiger charge is -2.19. The molecule has 0 amide bonds. The number of hydrogen-bond acceptors (Lipinski definition) is 4. The molecule has 21 heavy (non-hydrogen) atoms. The molecule has 4 nitrogen and oxygen atoms in total. The van der Waals surface area contributed by atoms with E-state index in [1.165, 1.54) is 11.1 Å². The van der Waals surface area contributed by atoms with Gasteiger partial charge in [0.1, 0.15) is 0 Å². The lowest BCUT2D eigenvalue weighted by atomic mass is 10.1. The largest absolute Gasteiger partial charge is 0.312 e. The van der Waals surface area contributed by atoms with E-state index >= 15 is 0 Å². The summed E-state index contributed by atoms with van der Waals surface area (Å²) in [5.74, 6) is 0. The molecule has 0 aliphatic heterocycles. The molecule has 1 aliphatic carbocycles. The van der Waals surface area contributed by atoms with Gasteiger partial charge in [0.2, 0.25) is 0 Å². The molecule has 1 aliphatic rings. The number of rotatable bonds is 4. The van der Waals surface area contributed by atoms with Gasteiger partial charge in [0.05, 0.1) is 4.92 Å². The van der Waals surface area contributed by atoms with Gasteiger partial charge < -0.3 is 5.32 Å². The molecular weight excluding hydrogens is 284 g/mol. The quantitative estimate of drug-likeness (QED) is 0.693. The summed E-state index contributed by atoms with van der Waals surface area (Å²) in [7, 11) is 1.98. The van der Waals surface area contributed by atoms with E-state index in [2.05, 4.69) is 29.6 Å². The van der Waals surface area contributed by atoms with Crippen LogP contribution in [0.15, 0.2) is 53.4 Å². The normalized spacial score (nSPS) is 20.2. The average molecular weight is 300 g/mol. The van der Waals surface area contributed by atoms with Gasteiger partial charge in [0.25, 0.3) is 5.69 Å². The Bertz CT molecular complexity index is 658. The van der Waals surface area contributed by atoms with E-state index in [-0.39, 0.29) is 10.6 Å². The molecule has 0 bridgehead atoms. The van der Waals surface area contributed by atoms with Crippen LogP contribution in [0.3, 0.4) is 0 Å². The van der Waals surface area contributed by atoms with Crippen LogP contribution in [0.5, 0.6) is 0 Å². The first-order valence-electron chi connectivity index (χ1n) is 6.85. The number of benzene rings is 2. The number of fused-ring (bicyclic) bond motifs is 1. The maximum Gasteiger partial charge on any atom is 0.269 e. The molecule has 0 heterocycles. The highest BCUT2D eigenvalue weighted by Gasteiger charge is 2.31. The first-order chi connectivity index (χ1) is 10.2. The van der Waals surface area contributed by atoms with Gasteiger partial charge in [-0.15, -0.1) is 11.8 Å². The molecule has 3 rings (SSSR count). The van der Waals surface area contributed by atoms with Gasteiger partial charge in [-0.1, -0.05) is 24.3 Å². The van der Waals surface area contributed by atoms with Crippen LogP contribution >= 0.6 is 11.8 Å². The molecule has 2 aromatic rings. The highest BCUT2D eigenvalue weighted by molar-refractivity contribution is 8.00. The predicted octanol–water partition coefficient (Wildman–Crippen LogP) is 3.57. The highest BCUT2D eigenvalue weighted by atomic mass is 32.2. The van der Waals surface area contributed by atoms with Crippen LogP contribution in [-0.2, 0) is 6.42 Å². The van der Waals surface area contributed by atoms with Gasteiger partial charge in [0, 0.05) is 28.3 Å². The predicted molar refractivity (Wildman–Crippen MR) is 84.7 cm³/mol. The van der Waals surface area contributed by atoms with E-state index in [9.17, 15) is 10.1 Å². The number of nitrogens with one attached hydrogen (secondary N) is 1. The minimum absolute atomic E-state index is 0.138. The Kier molecular flexibility index (Phi) is 3.94. The van der Waals surface area contributed by atoms with Gasteiger partial charge in [-0.05, 0) is 36.7 Å². The number of nitrogens with zero attached hydrogens (tertiary/aromatic N) is 1. The van der Waals surface area contributed by atoms with Crippen molar-refractivity contribution in [1.29, 1.82) is 0 Å². The third-order valence-corrected chi connectivity index (χ3v) is 5.11. The Labute approximate surface area is 127 Å². The van der Waals surface area contributed by atoms with Crippen molar-refractivity contribution >= 4 is 17.4 Å². The standard InChI is InChI=1S/C16H16N2O2S/c1-17-16-14-5-3-2-4-11(14)10-15(16)21-13-8-6-12(7-9-13)18(19)20/h2-9,15-17H,10H2,1H3. The average Bonchev–Trinajstić information content (AvgIpc) is 2.84. The van der Waals surface area contributed by atoms with Crippen LogP contribution < -0.4 is 5.32 Å². The summed E-state index contributed by atoms with van der Waals surface area (Å²) in [5.41, 5.74) is 2.88. The van der Waals surface area contributed by atoms with Gasteiger partial charge >= 0.3 is 0 Å². The van der Waals surface area contributed by atoms with Crippen LogP contribution in [0, 0.1) is 10.1 Å². The van der Waals surface area contributed by atoms with Crippen LogP contribution in [0.4, 0.5) is 5.69 Å². The van der Waals surface area contributed by atoms with Crippen LogP contribution in [-0.4, -0.2) is 17.2 Å². The molecule has 0 aromatic heterocycles. The molecule has 0 fully saturated rings. The molecule has 0 radical (unpaired) electrons. The van der Waals surface area contributed by atoms with Crippen molar-refractivity contribution < 1.29 is 4.92 Å². The smallest absolute Gasteiger partial charge is 0.269 e. The SMILES string of the molecule is CNC1c2ccccc2CC1Sc1ccc([N+](=O)[O-])cc1. The summed E-state index contributed by atoms with van der Waals surface area (Å²) in [6.07, 6.45) is 1.02. The second-order valence-corrected chi connectivity index (χ2v) is 6.39. The monoisotopic (exact) mass is 300 g/mol. The minimum atomic E-state index is -0.365. The summed E-state index contributed by atoms with van der Waals surface area (Å²) in [5, 5.41) is 14.5. The zero-order valence-electron chi connectivity index (χ0n) is 11.7. The first-order valence-corrected chi connectivity index (χ1v) is 7.73. The Morgan fingerprint density at radius 3 is 2.57 bits per heavy atom. The Balaban J connectivity index is 1.78. The van der Waals surface area contributed by atoms with Crippen LogP contribution in [0.25, 0.3) is 0 Å². The van der Waals surface area contributed by atoms with E-state index in [4.69, 9.17) is 0 Å². The van der Waals surface area contributed by atoms with E-state index < -0.39 is 0 Å². The maximum atomic E-state index is 10.7. The second-order valence-electron chi connectivity index (χ2n) is 5.08. The van der Waals surface area contributed by atoms with Crippen molar-refractivity contribution in [2.75, 3.05) is 7.05 Å². The molecule has 1 N–H and O–H groups in total. The van der Waals surface area contributed by atoms with Gasteiger partial charge in [0.15, 0.2) is 0 Å². The van der Waals surface area contributed by atoms with Gasteiger partial charge in [-0.2, -0.15) is 0 Å².